The lowest BCUT2D eigenvalue weighted by molar-refractivity contribution is 0.869. The Labute approximate surface area is 149 Å². The van der Waals surface area contributed by atoms with E-state index in [1.165, 1.54) is 38.6 Å². The van der Waals surface area contributed by atoms with Gasteiger partial charge in [0.2, 0.25) is 0 Å². The maximum absolute atomic E-state index is 2.36. The minimum atomic E-state index is 0.515. The van der Waals surface area contributed by atoms with Crippen LogP contribution in [0.15, 0.2) is 91.0 Å². The Kier molecular flexibility index (Phi) is 4.11. The number of rotatable bonds is 3. The normalized spacial score (nSPS) is 11.2. The molecule has 4 aromatic rings. The molecule has 0 amide bonds. The zero-order chi connectivity index (χ0) is 17.2. The van der Waals surface area contributed by atoms with Crippen molar-refractivity contribution >= 4 is 10.8 Å². The molecule has 4 rings (SSSR count). The van der Waals surface area contributed by atoms with Gasteiger partial charge < -0.3 is 0 Å². The first-order valence-corrected chi connectivity index (χ1v) is 8.91. The quantitative estimate of drug-likeness (QED) is 0.371. The predicted octanol–water partition coefficient (Wildman–Crippen LogP) is 7.30. The fraction of sp³-hybridized carbons (Fsp3) is 0.120. The molecule has 4 aromatic carbocycles. The zero-order valence-electron chi connectivity index (χ0n) is 14.7. The van der Waals surface area contributed by atoms with E-state index in [1.807, 2.05) is 0 Å². The maximum Gasteiger partial charge on any atom is -0.0102 e. The summed E-state index contributed by atoms with van der Waals surface area (Å²) in [4.78, 5) is 0. The van der Waals surface area contributed by atoms with Crippen molar-refractivity contribution in [3.8, 4) is 22.3 Å². The molecular weight excluding hydrogens is 300 g/mol. The summed E-state index contributed by atoms with van der Waals surface area (Å²) in [6.45, 7) is 4.52. The lowest BCUT2D eigenvalue weighted by atomic mass is 9.90. The van der Waals surface area contributed by atoms with Crippen molar-refractivity contribution in [2.75, 3.05) is 0 Å². The van der Waals surface area contributed by atoms with Gasteiger partial charge in [0.1, 0.15) is 0 Å². The first kappa shape index (κ1) is 15.7. The van der Waals surface area contributed by atoms with Crippen LogP contribution in [-0.2, 0) is 0 Å². The summed E-state index contributed by atoms with van der Waals surface area (Å²) in [5.41, 5.74) is 6.50. The van der Waals surface area contributed by atoms with E-state index < -0.39 is 0 Å². The number of fused-ring (bicyclic) bond motifs is 1. The van der Waals surface area contributed by atoms with Gasteiger partial charge >= 0.3 is 0 Å². The van der Waals surface area contributed by atoms with Crippen LogP contribution in [0.5, 0.6) is 0 Å². The highest BCUT2D eigenvalue weighted by molar-refractivity contribution is 5.98. The van der Waals surface area contributed by atoms with E-state index in [-0.39, 0.29) is 0 Å². The van der Waals surface area contributed by atoms with Gasteiger partial charge in [-0.1, -0.05) is 98.8 Å². The molecule has 0 fully saturated rings. The van der Waals surface area contributed by atoms with Crippen molar-refractivity contribution in [2.24, 2.45) is 0 Å². The average Bonchev–Trinajstić information content (AvgIpc) is 2.68. The van der Waals surface area contributed by atoms with Crippen molar-refractivity contribution in [2.45, 2.75) is 19.8 Å². The zero-order valence-corrected chi connectivity index (χ0v) is 14.7. The molecule has 0 nitrogen and oxygen atoms in total. The minimum Gasteiger partial charge on any atom is -0.0622 e. The van der Waals surface area contributed by atoms with Crippen molar-refractivity contribution in [1.82, 2.24) is 0 Å². The van der Waals surface area contributed by atoms with Crippen LogP contribution in [-0.4, -0.2) is 0 Å². The molecule has 0 radical (unpaired) electrons. The molecule has 0 aliphatic heterocycles. The Morgan fingerprint density at radius 1 is 0.560 bits per heavy atom. The van der Waals surface area contributed by atoms with Crippen LogP contribution < -0.4 is 0 Å². The van der Waals surface area contributed by atoms with Crippen molar-refractivity contribution in [1.29, 1.82) is 0 Å². The van der Waals surface area contributed by atoms with Crippen LogP contribution in [0, 0.1) is 0 Å². The second-order valence-corrected chi connectivity index (χ2v) is 6.89. The highest BCUT2D eigenvalue weighted by Crippen LogP contribution is 2.34. The summed E-state index contributed by atoms with van der Waals surface area (Å²) < 4.78 is 0. The van der Waals surface area contributed by atoms with Gasteiger partial charge in [-0.15, -0.1) is 0 Å². The summed E-state index contributed by atoms with van der Waals surface area (Å²) in [6.07, 6.45) is 0. The minimum absolute atomic E-state index is 0.515. The first-order valence-electron chi connectivity index (χ1n) is 8.91. The molecule has 0 heterocycles. The molecule has 0 heteroatoms. The van der Waals surface area contributed by atoms with Gasteiger partial charge in [-0.2, -0.15) is 0 Å². The van der Waals surface area contributed by atoms with Crippen molar-refractivity contribution in [3.05, 3.63) is 96.6 Å². The molecule has 0 aliphatic rings. The molecule has 0 saturated heterocycles. The van der Waals surface area contributed by atoms with Crippen LogP contribution >= 0.6 is 0 Å². The SMILES string of the molecule is CC(C)c1cc(-c2cccc(-c3ccccc3)c2)c2ccccc2c1. The number of hydrogen-bond acceptors (Lipinski definition) is 0. The lowest BCUT2D eigenvalue weighted by Crippen LogP contribution is -1.91. The highest BCUT2D eigenvalue weighted by Gasteiger charge is 2.09. The van der Waals surface area contributed by atoms with Gasteiger partial charge in [-0.25, -0.2) is 0 Å². The van der Waals surface area contributed by atoms with Gasteiger partial charge in [0.15, 0.2) is 0 Å². The molecule has 0 N–H and O–H groups in total. The first-order chi connectivity index (χ1) is 12.2. The van der Waals surface area contributed by atoms with E-state index in [2.05, 4.69) is 105 Å². The van der Waals surface area contributed by atoms with Gasteiger partial charge in [0.05, 0.1) is 0 Å². The molecule has 0 unspecified atom stereocenters. The molecule has 0 atom stereocenters. The molecule has 25 heavy (non-hydrogen) atoms. The lowest BCUT2D eigenvalue weighted by Gasteiger charge is -2.14. The fourth-order valence-electron chi connectivity index (χ4n) is 3.40. The van der Waals surface area contributed by atoms with Gasteiger partial charge in [0.25, 0.3) is 0 Å². The summed E-state index contributed by atoms with van der Waals surface area (Å²) in [5.74, 6) is 0.515. The highest BCUT2D eigenvalue weighted by atomic mass is 14.1. The van der Waals surface area contributed by atoms with Gasteiger partial charge in [0, 0.05) is 0 Å². The molecule has 0 aromatic heterocycles. The van der Waals surface area contributed by atoms with E-state index in [9.17, 15) is 0 Å². The second-order valence-electron chi connectivity index (χ2n) is 6.89. The third kappa shape index (κ3) is 3.08. The number of hydrogen-bond donors (Lipinski definition) is 0. The monoisotopic (exact) mass is 322 g/mol. The van der Waals surface area contributed by atoms with Crippen LogP contribution in [0.2, 0.25) is 0 Å². The molecular formula is C25H22. The fourth-order valence-corrected chi connectivity index (χ4v) is 3.40. The average molecular weight is 322 g/mol. The van der Waals surface area contributed by atoms with Crippen LogP contribution in [0.4, 0.5) is 0 Å². The Balaban J connectivity index is 1.93. The number of benzene rings is 4. The standard InChI is InChI=1S/C25H22/c1-18(2)23-16-21-11-6-7-14-24(21)25(17-23)22-13-8-12-20(15-22)19-9-4-3-5-10-19/h3-18H,1-2H3. The molecule has 0 aliphatic carbocycles. The molecule has 0 spiro atoms. The van der Waals surface area contributed by atoms with Gasteiger partial charge in [-0.3, -0.25) is 0 Å². The Bertz CT molecular complexity index is 1010. The van der Waals surface area contributed by atoms with E-state index in [1.54, 1.807) is 0 Å². The predicted molar refractivity (Wildman–Crippen MR) is 109 cm³/mol. The maximum atomic E-state index is 2.36. The third-order valence-corrected chi connectivity index (χ3v) is 4.83. The van der Waals surface area contributed by atoms with E-state index in [4.69, 9.17) is 0 Å². The summed E-state index contributed by atoms with van der Waals surface area (Å²) >= 11 is 0. The van der Waals surface area contributed by atoms with E-state index >= 15 is 0 Å². The largest absolute Gasteiger partial charge is 0.0622 e. The van der Waals surface area contributed by atoms with E-state index in [0.29, 0.717) is 5.92 Å². The van der Waals surface area contributed by atoms with E-state index in [0.717, 1.165) is 0 Å². The second kappa shape index (κ2) is 6.57. The smallest absolute Gasteiger partial charge is 0.0102 e. The molecule has 0 bridgehead atoms. The van der Waals surface area contributed by atoms with Crippen molar-refractivity contribution in [3.63, 3.8) is 0 Å². The van der Waals surface area contributed by atoms with Crippen LogP contribution in [0.1, 0.15) is 25.3 Å². The summed E-state index contributed by atoms with van der Waals surface area (Å²) in [6, 6.07) is 32.8. The van der Waals surface area contributed by atoms with Crippen LogP contribution in [0.3, 0.4) is 0 Å². The topological polar surface area (TPSA) is 0 Å². The Morgan fingerprint density at radius 3 is 2.04 bits per heavy atom. The van der Waals surface area contributed by atoms with Crippen molar-refractivity contribution < 1.29 is 0 Å². The summed E-state index contributed by atoms with van der Waals surface area (Å²) in [7, 11) is 0. The third-order valence-electron chi connectivity index (χ3n) is 4.83. The van der Waals surface area contributed by atoms with Gasteiger partial charge in [-0.05, 0) is 50.6 Å². The van der Waals surface area contributed by atoms with Crippen LogP contribution in [0.25, 0.3) is 33.0 Å². The molecule has 122 valence electrons. The molecule has 0 saturated carbocycles. The Morgan fingerprint density at radius 2 is 1.24 bits per heavy atom. The summed E-state index contributed by atoms with van der Waals surface area (Å²) in [5, 5.41) is 2.63. The Hall–Kier alpha value is -2.86.